The van der Waals surface area contributed by atoms with Gasteiger partial charge in [0.1, 0.15) is 5.69 Å². The molecule has 3 N–H and O–H groups in total. The van der Waals surface area contributed by atoms with Crippen molar-refractivity contribution in [1.29, 1.82) is 0 Å². The van der Waals surface area contributed by atoms with Crippen LogP contribution in [0.25, 0.3) is 0 Å². The molecule has 0 bridgehead atoms. The van der Waals surface area contributed by atoms with Crippen LogP contribution >= 0.6 is 24.0 Å². The highest BCUT2D eigenvalue weighted by Gasteiger charge is 2.59. The fraction of sp³-hybridized carbons (Fsp3) is 0.722. The van der Waals surface area contributed by atoms with Gasteiger partial charge in [0.05, 0.1) is 12.6 Å². The number of hydrogen-bond acceptors (Lipinski definition) is 5. The van der Waals surface area contributed by atoms with Crippen molar-refractivity contribution in [1.82, 2.24) is 20.6 Å². The quantitative estimate of drug-likeness (QED) is 0.228. The molecule has 0 amide bonds. The van der Waals surface area contributed by atoms with Crippen molar-refractivity contribution >= 4 is 35.9 Å². The van der Waals surface area contributed by atoms with E-state index < -0.39 is 11.9 Å². The highest BCUT2D eigenvalue weighted by atomic mass is 127. The van der Waals surface area contributed by atoms with E-state index in [4.69, 9.17) is 4.74 Å². The lowest BCUT2D eigenvalue weighted by Crippen LogP contribution is -2.68. The number of nitrogens with zero attached hydrogens (tertiary/aromatic N) is 3. The van der Waals surface area contributed by atoms with E-state index in [9.17, 15) is 13.2 Å². The molecule has 1 saturated heterocycles. The normalized spacial score (nSPS) is 25.4. The molecule has 1 aliphatic heterocycles. The van der Waals surface area contributed by atoms with Crippen LogP contribution in [0, 0.1) is 11.3 Å². The lowest BCUT2D eigenvalue weighted by molar-refractivity contribution is -0.141. The molecule has 0 aromatic carbocycles. The van der Waals surface area contributed by atoms with E-state index in [1.54, 1.807) is 0 Å². The van der Waals surface area contributed by atoms with E-state index in [0.29, 0.717) is 31.5 Å². The summed E-state index contributed by atoms with van der Waals surface area (Å²) in [5, 5.41) is 9.50. The molecule has 11 heteroatoms. The number of alkyl halides is 3. The first-order valence-corrected chi connectivity index (χ1v) is 9.54. The summed E-state index contributed by atoms with van der Waals surface area (Å²) in [5.41, 5.74) is -0.939. The summed E-state index contributed by atoms with van der Waals surface area (Å²) < 4.78 is 43.9. The number of fused-ring (bicyclic) bond motifs is 1. The minimum absolute atomic E-state index is 0. The number of ether oxygens (including phenoxy) is 1. The fourth-order valence-electron chi connectivity index (χ4n) is 4.02. The van der Waals surface area contributed by atoms with Crippen LogP contribution in [0.1, 0.15) is 32.9 Å². The van der Waals surface area contributed by atoms with Gasteiger partial charge in [0.15, 0.2) is 5.96 Å². The summed E-state index contributed by atoms with van der Waals surface area (Å²) in [7, 11) is 0. The molecule has 3 unspecified atom stereocenters. The maximum Gasteiger partial charge on any atom is 0.433 e. The molecule has 1 aliphatic carbocycles. The number of hydrogen-bond donors (Lipinski definition) is 3. The van der Waals surface area contributed by atoms with Gasteiger partial charge in [-0.1, -0.05) is 13.8 Å². The second-order valence-corrected chi connectivity index (χ2v) is 7.64. The maximum atomic E-state index is 12.7. The van der Waals surface area contributed by atoms with Crippen LogP contribution in [0.15, 0.2) is 17.3 Å². The summed E-state index contributed by atoms with van der Waals surface area (Å²) in [6.45, 7) is 8.56. The number of halogens is 4. The minimum atomic E-state index is -4.49. The molecular formula is C18H28F3IN6O. The van der Waals surface area contributed by atoms with E-state index in [2.05, 4.69) is 44.8 Å². The van der Waals surface area contributed by atoms with Crippen molar-refractivity contribution in [3.05, 3.63) is 18.0 Å². The second kappa shape index (κ2) is 9.63. The fourth-order valence-corrected chi connectivity index (χ4v) is 4.02. The number of aliphatic imine (C=N–C) groups is 1. The van der Waals surface area contributed by atoms with Crippen molar-refractivity contribution in [3.63, 3.8) is 0 Å². The molecule has 3 atom stereocenters. The van der Waals surface area contributed by atoms with Crippen LogP contribution in [0.2, 0.25) is 0 Å². The molecule has 1 saturated carbocycles. The third-order valence-corrected chi connectivity index (χ3v) is 5.35. The molecule has 29 heavy (non-hydrogen) atoms. The van der Waals surface area contributed by atoms with Crippen LogP contribution in [0.5, 0.6) is 0 Å². The summed E-state index contributed by atoms with van der Waals surface area (Å²) in [4.78, 5) is 11.8. The summed E-state index contributed by atoms with van der Waals surface area (Å²) in [5.74, 6) is 1.11. The van der Waals surface area contributed by atoms with Gasteiger partial charge < -0.3 is 20.7 Å². The minimum Gasteiger partial charge on any atom is -0.377 e. The topological polar surface area (TPSA) is 83.5 Å². The first-order valence-electron chi connectivity index (χ1n) is 9.54. The van der Waals surface area contributed by atoms with Gasteiger partial charge in [0.2, 0.25) is 5.95 Å². The predicted octanol–water partition coefficient (Wildman–Crippen LogP) is 2.89. The molecule has 0 spiro atoms. The number of nitrogens with one attached hydrogen (secondary N) is 3. The summed E-state index contributed by atoms with van der Waals surface area (Å²) in [6.07, 6.45) is -2.07. The Bertz CT molecular complexity index is 715. The number of aromatic nitrogens is 2. The Morgan fingerprint density at radius 2 is 2.14 bits per heavy atom. The van der Waals surface area contributed by atoms with E-state index in [1.807, 2.05) is 6.92 Å². The molecule has 164 valence electrons. The van der Waals surface area contributed by atoms with Crippen molar-refractivity contribution in [2.75, 3.05) is 31.6 Å². The summed E-state index contributed by atoms with van der Waals surface area (Å²) in [6, 6.07) is 1.12. The van der Waals surface area contributed by atoms with Crippen molar-refractivity contribution in [3.8, 4) is 0 Å². The predicted molar refractivity (Wildman–Crippen MR) is 115 cm³/mol. The Balaban J connectivity index is 0.00000300. The lowest BCUT2D eigenvalue weighted by Gasteiger charge is -2.54. The zero-order chi connectivity index (χ0) is 20.4. The standard InChI is InChI=1S/C18H27F3N6O.HI/c1-4-22-15(27-13-11-6-10-28-14(11)17(13,2)3)24-8-9-25-16-23-7-5-12(26-16)18(19,20)21;/h5,7,11,13-14H,4,6,8-10H2,1-3H3,(H2,22,24,27)(H,23,25,26);1H. The van der Waals surface area contributed by atoms with Gasteiger partial charge >= 0.3 is 6.18 Å². The van der Waals surface area contributed by atoms with Gasteiger partial charge in [0.25, 0.3) is 0 Å². The largest absolute Gasteiger partial charge is 0.433 e. The molecule has 1 aromatic rings. The van der Waals surface area contributed by atoms with Gasteiger partial charge in [-0.25, -0.2) is 9.97 Å². The van der Waals surface area contributed by atoms with Gasteiger partial charge in [-0.3, -0.25) is 4.99 Å². The van der Waals surface area contributed by atoms with Gasteiger partial charge in [-0.15, -0.1) is 24.0 Å². The lowest BCUT2D eigenvalue weighted by atomic mass is 9.57. The van der Waals surface area contributed by atoms with Crippen LogP contribution in [0.3, 0.4) is 0 Å². The average Bonchev–Trinajstić information content (AvgIpc) is 3.10. The SMILES string of the molecule is CCNC(=NCCNc1nccc(C(F)(F)F)n1)NC1C2CCOC2C1(C)C.I. The van der Waals surface area contributed by atoms with E-state index in [1.165, 1.54) is 0 Å². The molecule has 2 fully saturated rings. The van der Waals surface area contributed by atoms with Crippen LogP contribution in [0.4, 0.5) is 19.1 Å². The summed E-state index contributed by atoms with van der Waals surface area (Å²) >= 11 is 0. The average molecular weight is 528 g/mol. The van der Waals surface area contributed by atoms with E-state index in [0.717, 1.165) is 25.3 Å². The van der Waals surface area contributed by atoms with Crippen molar-refractivity contribution in [2.24, 2.45) is 16.3 Å². The van der Waals surface area contributed by atoms with Crippen molar-refractivity contribution in [2.45, 2.75) is 45.5 Å². The van der Waals surface area contributed by atoms with Crippen molar-refractivity contribution < 1.29 is 17.9 Å². The molecule has 3 rings (SSSR count). The number of rotatable bonds is 6. The Labute approximate surface area is 185 Å². The molecular weight excluding hydrogens is 500 g/mol. The van der Waals surface area contributed by atoms with Crippen LogP contribution in [-0.2, 0) is 10.9 Å². The highest BCUT2D eigenvalue weighted by Crippen LogP contribution is 2.52. The molecule has 0 radical (unpaired) electrons. The first kappa shape index (κ1) is 23.9. The Morgan fingerprint density at radius 3 is 2.83 bits per heavy atom. The zero-order valence-corrected chi connectivity index (χ0v) is 19.0. The van der Waals surface area contributed by atoms with Crippen LogP contribution < -0.4 is 16.0 Å². The molecule has 2 aliphatic rings. The third kappa shape index (κ3) is 5.41. The zero-order valence-electron chi connectivity index (χ0n) is 16.7. The molecule has 7 nitrogen and oxygen atoms in total. The van der Waals surface area contributed by atoms with Gasteiger partial charge in [-0.05, 0) is 19.4 Å². The smallest absolute Gasteiger partial charge is 0.377 e. The highest BCUT2D eigenvalue weighted by molar-refractivity contribution is 14.0. The Morgan fingerprint density at radius 1 is 1.38 bits per heavy atom. The molecule has 2 heterocycles. The van der Waals surface area contributed by atoms with E-state index in [-0.39, 0.29) is 47.5 Å². The van der Waals surface area contributed by atoms with E-state index >= 15 is 0 Å². The monoisotopic (exact) mass is 528 g/mol. The Kier molecular flexibility index (Phi) is 7.93. The number of anilines is 1. The van der Waals surface area contributed by atoms with Crippen LogP contribution in [-0.4, -0.2) is 54.3 Å². The second-order valence-electron chi connectivity index (χ2n) is 7.64. The Hall–Kier alpha value is -1.37. The maximum absolute atomic E-state index is 12.7. The first-order chi connectivity index (χ1) is 13.2. The third-order valence-electron chi connectivity index (χ3n) is 5.35. The van der Waals surface area contributed by atoms with Gasteiger partial charge in [-0.2, -0.15) is 13.2 Å². The molecule has 1 aromatic heterocycles. The number of guanidine groups is 1. The van der Waals surface area contributed by atoms with Gasteiger partial charge in [0, 0.05) is 43.3 Å².